The van der Waals surface area contributed by atoms with Crippen LogP contribution in [-0.2, 0) is 11.2 Å². The standard InChI is InChI=1S/C15H26N2O2/c1-3-17(10-12-18-2)11-13-19-15-6-4-14(5-7-15)8-9-16/h4-7H,3,8-13,16H2,1-2H3. The van der Waals surface area contributed by atoms with E-state index in [-0.39, 0.29) is 0 Å². The van der Waals surface area contributed by atoms with Crippen molar-refractivity contribution in [2.45, 2.75) is 13.3 Å². The summed E-state index contributed by atoms with van der Waals surface area (Å²) in [5, 5.41) is 0. The summed E-state index contributed by atoms with van der Waals surface area (Å²) in [6, 6.07) is 8.17. The number of hydrogen-bond donors (Lipinski definition) is 1. The van der Waals surface area contributed by atoms with Gasteiger partial charge in [-0.2, -0.15) is 0 Å². The Balaban J connectivity index is 2.27. The molecule has 1 aromatic rings. The Labute approximate surface area is 116 Å². The second-order valence-electron chi connectivity index (χ2n) is 4.46. The first kappa shape index (κ1) is 16.0. The predicted octanol–water partition coefficient (Wildman–Crippen LogP) is 1.53. The molecule has 0 saturated carbocycles. The van der Waals surface area contributed by atoms with E-state index in [0.717, 1.165) is 38.4 Å². The van der Waals surface area contributed by atoms with E-state index in [9.17, 15) is 0 Å². The van der Waals surface area contributed by atoms with Crippen LogP contribution in [0.25, 0.3) is 0 Å². The minimum Gasteiger partial charge on any atom is -0.492 e. The normalized spacial score (nSPS) is 10.9. The van der Waals surface area contributed by atoms with Crippen molar-refractivity contribution in [1.29, 1.82) is 0 Å². The van der Waals surface area contributed by atoms with Gasteiger partial charge in [-0.25, -0.2) is 0 Å². The maximum atomic E-state index is 5.74. The van der Waals surface area contributed by atoms with Gasteiger partial charge in [0.05, 0.1) is 6.61 Å². The summed E-state index contributed by atoms with van der Waals surface area (Å²) in [7, 11) is 1.73. The molecule has 0 aliphatic heterocycles. The van der Waals surface area contributed by atoms with E-state index in [1.807, 2.05) is 12.1 Å². The number of likely N-dealkylation sites (N-methyl/N-ethyl adjacent to an activating group) is 1. The molecule has 108 valence electrons. The third kappa shape index (κ3) is 6.57. The average molecular weight is 266 g/mol. The predicted molar refractivity (Wildman–Crippen MR) is 78.7 cm³/mol. The number of nitrogens with two attached hydrogens (primary N) is 1. The van der Waals surface area contributed by atoms with Crippen LogP contribution in [0.2, 0.25) is 0 Å². The molecule has 0 radical (unpaired) electrons. The molecule has 0 unspecified atom stereocenters. The third-order valence-corrected chi connectivity index (χ3v) is 3.09. The smallest absolute Gasteiger partial charge is 0.119 e. The fourth-order valence-electron chi connectivity index (χ4n) is 1.86. The minimum absolute atomic E-state index is 0.686. The summed E-state index contributed by atoms with van der Waals surface area (Å²) >= 11 is 0. The summed E-state index contributed by atoms with van der Waals surface area (Å²) < 4.78 is 10.8. The van der Waals surface area contributed by atoms with Crippen LogP contribution < -0.4 is 10.5 Å². The van der Waals surface area contributed by atoms with Crippen LogP contribution in [0, 0.1) is 0 Å². The van der Waals surface area contributed by atoms with Crippen molar-refractivity contribution < 1.29 is 9.47 Å². The van der Waals surface area contributed by atoms with E-state index in [1.165, 1.54) is 5.56 Å². The van der Waals surface area contributed by atoms with Crippen molar-refractivity contribution in [3.63, 3.8) is 0 Å². The van der Waals surface area contributed by atoms with Gasteiger partial charge in [0.1, 0.15) is 12.4 Å². The first-order valence-electron chi connectivity index (χ1n) is 6.93. The quantitative estimate of drug-likeness (QED) is 0.698. The molecule has 0 bridgehead atoms. The molecule has 0 aliphatic rings. The molecule has 0 atom stereocenters. The number of ether oxygens (including phenoxy) is 2. The minimum atomic E-state index is 0.686. The fraction of sp³-hybridized carbons (Fsp3) is 0.600. The first-order chi connectivity index (χ1) is 9.30. The van der Waals surface area contributed by atoms with Gasteiger partial charge in [0.15, 0.2) is 0 Å². The van der Waals surface area contributed by atoms with Crippen LogP contribution in [0.15, 0.2) is 24.3 Å². The molecular weight excluding hydrogens is 240 g/mol. The molecule has 0 spiro atoms. The Hall–Kier alpha value is -1.10. The van der Waals surface area contributed by atoms with Crippen molar-refractivity contribution in [3.05, 3.63) is 29.8 Å². The lowest BCUT2D eigenvalue weighted by atomic mass is 10.1. The van der Waals surface area contributed by atoms with Gasteiger partial charge in [0, 0.05) is 20.2 Å². The Kier molecular flexibility index (Phi) is 8.21. The topological polar surface area (TPSA) is 47.7 Å². The first-order valence-corrected chi connectivity index (χ1v) is 6.93. The zero-order chi connectivity index (χ0) is 13.9. The molecule has 0 aliphatic carbocycles. The van der Waals surface area contributed by atoms with Gasteiger partial charge >= 0.3 is 0 Å². The van der Waals surface area contributed by atoms with Gasteiger partial charge in [0.25, 0.3) is 0 Å². The number of nitrogens with zero attached hydrogens (tertiary/aromatic N) is 1. The zero-order valence-corrected chi connectivity index (χ0v) is 12.1. The SMILES string of the molecule is CCN(CCOC)CCOc1ccc(CCN)cc1. The van der Waals surface area contributed by atoms with Gasteiger partial charge in [-0.1, -0.05) is 19.1 Å². The maximum Gasteiger partial charge on any atom is 0.119 e. The van der Waals surface area contributed by atoms with E-state index in [0.29, 0.717) is 13.2 Å². The van der Waals surface area contributed by atoms with Crippen molar-refractivity contribution in [2.75, 3.05) is 46.5 Å². The lowest BCUT2D eigenvalue weighted by molar-refractivity contribution is 0.138. The van der Waals surface area contributed by atoms with Crippen LogP contribution in [0.5, 0.6) is 5.75 Å². The van der Waals surface area contributed by atoms with Crippen molar-refractivity contribution in [2.24, 2.45) is 5.73 Å². The third-order valence-electron chi connectivity index (χ3n) is 3.09. The number of methoxy groups -OCH3 is 1. The van der Waals surface area contributed by atoms with Crippen molar-refractivity contribution in [1.82, 2.24) is 4.90 Å². The van der Waals surface area contributed by atoms with Crippen LogP contribution in [0.1, 0.15) is 12.5 Å². The summed E-state index contributed by atoms with van der Waals surface area (Å²) in [4.78, 5) is 2.31. The van der Waals surface area contributed by atoms with Crippen LogP contribution in [-0.4, -0.2) is 51.4 Å². The van der Waals surface area contributed by atoms with E-state index in [4.69, 9.17) is 15.2 Å². The highest BCUT2D eigenvalue weighted by molar-refractivity contribution is 5.27. The van der Waals surface area contributed by atoms with E-state index < -0.39 is 0 Å². The van der Waals surface area contributed by atoms with Gasteiger partial charge in [-0.15, -0.1) is 0 Å². The van der Waals surface area contributed by atoms with Crippen molar-refractivity contribution in [3.8, 4) is 5.75 Å². The van der Waals surface area contributed by atoms with Crippen molar-refractivity contribution >= 4 is 0 Å². The molecule has 19 heavy (non-hydrogen) atoms. The second kappa shape index (κ2) is 9.78. The second-order valence-corrected chi connectivity index (χ2v) is 4.46. The lowest BCUT2D eigenvalue weighted by Crippen LogP contribution is -2.31. The highest BCUT2D eigenvalue weighted by Gasteiger charge is 2.02. The van der Waals surface area contributed by atoms with Crippen LogP contribution in [0.3, 0.4) is 0 Å². The molecule has 4 heteroatoms. The largest absolute Gasteiger partial charge is 0.492 e. The molecular formula is C15H26N2O2. The molecule has 0 fully saturated rings. The Morgan fingerprint density at radius 2 is 1.79 bits per heavy atom. The molecule has 1 rings (SSSR count). The van der Waals surface area contributed by atoms with E-state index >= 15 is 0 Å². The monoisotopic (exact) mass is 266 g/mol. The summed E-state index contributed by atoms with van der Waals surface area (Å²) in [6.07, 6.45) is 0.918. The van der Waals surface area contributed by atoms with Gasteiger partial charge in [-0.3, -0.25) is 4.90 Å². The highest BCUT2D eigenvalue weighted by Crippen LogP contribution is 2.12. The maximum absolute atomic E-state index is 5.74. The molecule has 0 saturated heterocycles. The van der Waals surface area contributed by atoms with Crippen LogP contribution >= 0.6 is 0 Å². The number of hydrogen-bond acceptors (Lipinski definition) is 4. The Morgan fingerprint density at radius 1 is 1.11 bits per heavy atom. The molecule has 0 amide bonds. The average Bonchev–Trinajstić information content (AvgIpc) is 2.44. The molecule has 1 aromatic carbocycles. The molecule has 4 nitrogen and oxygen atoms in total. The van der Waals surface area contributed by atoms with Gasteiger partial charge in [0.2, 0.25) is 0 Å². The molecule has 0 aromatic heterocycles. The van der Waals surface area contributed by atoms with Gasteiger partial charge < -0.3 is 15.2 Å². The van der Waals surface area contributed by atoms with Gasteiger partial charge in [-0.05, 0) is 37.2 Å². The molecule has 2 N–H and O–H groups in total. The zero-order valence-electron chi connectivity index (χ0n) is 12.1. The molecule has 0 heterocycles. The highest BCUT2D eigenvalue weighted by atomic mass is 16.5. The van der Waals surface area contributed by atoms with E-state index in [2.05, 4.69) is 24.0 Å². The fourth-order valence-corrected chi connectivity index (χ4v) is 1.86. The number of rotatable bonds is 10. The summed E-state index contributed by atoms with van der Waals surface area (Å²) in [5.41, 5.74) is 6.78. The Bertz CT molecular complexity index is 327. The van der Waals surface area contributed by atoms with Crippen LogP contribution in [0.4, 0.5) is 0 Å². The van der Waals surface area contributed by atoms with E-state index in [1.54, 1.807) is 7.11 Å². The summed E-state index contributed by atoms with van der Waals surface area (Å²) in [5.74, 6) is 0.920. The number of benzene rings is 1. The lowest BCUT2D eigenvalue weighted by Gasteiger charge is -2.19. The summed E-state index contributed by atoms with van der Waals surface area (Å²) in [6.45, 7) is 7.19. The Morgan fingerprint density at radius 3 is 2.37 bits per heavy atom.